The molecule has 164 valence electrons. The van der Waals surface area contributed by atoms with E-state index in [1.54, 1.807) is 18.2 Å². The minimum absolute atomic E-state index is 0.113. The Balaban J connectivity index is 1.66. The Labute approximate surface area is 174 Å². The van der Waals surface area contributed by atoms with Crippen molar-refractivity contribution in [3.63, 3.8) is 0 Å². The van der Waals surface area contributed by atoms with Crippen LogP contribution in [0, 0.1) is 0 Å². The van der Waals surface area contributed by atoms with Crippen molar-refractivity contribution in [2.45, 2.75) is 24.5 Å². The highest BCUT2D eigenvalue weighted by Crippen LogP contribution is 2.39. The van der Waals surface area contributed by atoms with E-state index >= 15 is 0 Å². The second kappa shape index (κ2) is 8.30. The van der Waals surface area contributed by atoms with Crippen LogP contribution < -0.4 is 5.73 Å². The number of anilines is 1. The Hall–Kier alpha value is -2.93. The van der Waals surface area contributed by atoms with Gasteiger partial charge in [-0.25, -0.2) is 24.3 Å². The first-order chi connectivity index (χ1) is 14.7. The smallest absolute Gasteiger partial charge is 0.451 e. The summed E-state index contributed by atoms with van der Waals surface area (Å²) >= 11 is 0. The molecule has 1 fully saturated rings. The highest BCUT2D eigenvalue weighted by atomic mass is 31.2. The number of nitrogen functional groups attached to an aromatic ring is 1. The summed E-state index contributed by atoms with van der Waals surface area (Å²) in [5.74, 6) is -0.616. The van der Waals surface area contributed by atoms with E-state index in [-0.39, 0.29) is 22.5 Å². The van der Waals surface area contributed by atoms with Crippen LogP contribution in [0.15, 0.2) is 43.0 Å². The van der Waals surface area contributed by atoms with Crippen molar-refractivity contribution in [2.24, 2.45) is 0 Å². The lowest BCUT2D eigenvalue weighted by Gasteiger charge is -2.22. The maximum absolute atomic E-state index is 12.6. The minimum Gasteiger partial charge on any atom is -0.451 e. The van der Waals surface area contributed by atoms with Gasteiger partial charge in [-0.2, -0.15) is 0 Å². The first kappa shape index (κ1) is 21.3. The number of hydrogen-bond acceptors (Lipinski definition) is 10. The van der Waals surface area contributed by atoms with Gasteiger partial charge in [0.2, 0.25) is 0 Å². The molecule has 4 rings (SSSR count). The normalized spacial score (nSPS) is 23.8. The van der Waals surface area contributed by atoms with E-state index in [0.29, 0.717) is 0 Å². The molecule has 1 aliphatic rings. The minimum atomic E-state index is -4.82. The molecule has 13 nitrogen and oxygen atoms in total. The molecule has 5 N–H and O–H groups in total. The van der Waals surface area contributed by atoms with Gasteiger partial charge in [0.05, 0.1) is 18.5 Å². The molecule has 1 aliphatic heterocycles. The van der Waals surface area contributed by atoms with Gasteiger partial charge in [-0.15, -0.1) is 0 Å². The molecule has 31 heavy (non-hydrogen) atoms. The summed E-state index contributed by atoms with van der Waals surface area (Å²) in [4.78, 5) is 42.6. The fourth-order valence-corrected chi connectivity index (χ4v) is 3.54. The Morgan fingerprint density at radius 1 is 1.23 bits per heavy atom. The van der Waals surface area contributed by atoms with Crippen LogP contribution in [0.25, 0.3) is 11.2 Å². The molecular weight excluding hydrogens is 433 g/mol. The van der Waals surface area contributed by atoms with Gasteiger partial charge >= 0.3 is 13.8 Å². The van der Waals surface area contributed by atoms with Gasteiger partial charge < -0.3 is 30.1 Å². The lowest BCUT2D eigenvalue weighted by molar-refractivity contribution is -0.0558. The zero-order valence-corrected chi connectivity index (χ0v) is 16.6. The number of rotatable bonds is 6. The third-order valence-electron chi connectivity index (χ3n) is 4.63. The molecule has 0 amide bonds. The number of aliphatic hydroxyl groups excluding tert-OH is 1. The van der Waals surface area contributed by atoms with Crippen LogP contribution in [-0.2, 0) is 18.6 Å². The van der Waals surface area contributed by atoms with E-state index < -0.39 is 44.9 Å². The Bertz CT molecular complexity index is 1140. The van der Waals surface area contributed by atoms with Crippen LogP contribution in [0.3, 0.4) is 0 Å². The number of hydrogen-bond donors (Lipinski definition) is 4. The number of benzene rings is 1. The first-order valence-electron chi connectivity index (χ1n) is 8.97. The summed E-state index contributed by atoms with van der Waals surface area (Å²) in [6, 6.07) is 8.10. The number of fused-ring (bicyclic) bond motifs is 1. The van der Waals surface area contributed by atoms with Crippen LogP contribution >= 0.6 is 7.82 Å². The number of esters is 1. The fourth-order valence-electron chi connectivity index (χ4n) is 3.20. The van der Waals surface area contributed by atoms with Gasteiger partial charge in [-0.05, 0) is 12.1 Å². The van der Waals surface area contributed by atoms with Gasteiger partial charge in [0.25, 0.3) is 0 Å². The number of carbonyl (C=O) groups excluding carboxylic acids is 1. The summed E-state index contributed by atoms with van der Waals surface area (Å²) < 4.78 is 28.2. The van der Waals surface area contributed by atoms with Crippen LogP contribution in [0.1, 0.15) is 16.6 Å². The Morgan fingerprint density at radius 2 is 1.97 bits per heavy atom. The maximum atomic E-state index is 12.6. The molecule has 0 aliphatic carbocycles. The van der Waals surface area contributed by atoms with Gasteiger partial charge in [0.1, 0.15) is 24.1 Å². The number of aliphatic hydroxyl groups is 1. The van der Waals surface area contributed by atoms with Crippen molar-refractivity contribution in [2.75, 3.05) is 12.3 Å². The highest BCUT2D eigenvalue weighted by Gasteiger charge is 2.48. The van der Waals surface area contributed by atoms with Crippen LogP contribution in [0.5, 0.6) is 0 Å². The summed E-state index contributed by atoms with van der Waals surface area (Å²) in [6.45, 7) is -0.648. The molecule has 1 aromatic carbocycles. The third kappa shape index (κ3) is 4.42. The van der Waals surface area contributed by atoms with Gasteiger partial charge in [-0.1, -0.05) is 18.2 Å². The summed E-state index contributed by atoms with van der Waals surface area (Å²) in [5.41, 5.74) is 6.56. The van der Waals surface area contributed by atoms with E-state index in [0.717, 1.165) is 0 Å². The van der Waals surface area contributed by atoms with Crippen molar-refractivity contribution in [1.82, 2.24) is 19.5 Å². The molecule has 0 bridgehead atoms. The topological polar surface area (TPSA) is 192 Å². The quantitative estimate of drug-likeness (QED) is 0.290. The van der Waals surface area contributed by atoms with E-state index in [1.165, 1.54) is 29.4 Å². The van der Waals surface area contributed by atoms with Crippen molar-refractivity contribution in [3.05, 3.63) is 48.5 Å². The Kier molecular flexibility index (Phi) is 5.71. The second-order valence-corrected chi connectivity index (χ2v) is 7.90. The molecule has 4 atom stereocenters. The van der Waals surface area contributed by atoms with Crippen molar-refractivity contribution >= 4 is 30.8 Å². The van der Waals surface area contributed by atoms with E-state index in [9.17, 15) is 14.5 Å². The number of aromatic nitrogens is 4. The zero-order valence-electron chi connectivity index (χ0n) is 15.8. The number of ether oxygens (including phenoxy) is 2. The average molecular weight is 451 g/mol. The van der Waals surface area contributed by atoms with Gasteiger partial charge in [-0.3, -0.25) is 9.09 Å². The number of nitrogens with two attached hydrogens (primary N) is 1. The molecule has 1 saturated heterocycles. The number of phosphoric ester groups is 1. The molecule has 0 radical (unpaired) electrons. The van der Waals surface area contributed by atoms with Crippen LogP contribution in [0.4, 0.5) is 5.82 Å². The second-order valence-electron chi connectivity index (χ2n) is 6.66. The lowest BCUT2D eigenvalue weighted by Crippen LogP contribution is -2.37. The Morgan fingerprint density at radius 3 is 2.68 bits per heavy atom. The van der Waals surface area contributed by atoms with E-state index in [2.05, 4.69) is 19.5 Å². The number of carbonyl (C=O) groups is 1. The molecule has 3 heterocycles. The van der Waals surface area contributed by atoms with E-state index in [4.69, 9.17) is 25.0 Å². The summed E-state index contributed by atoms with van der Waals surface area (Å²) in [7, 11) is -4.82. The fraction of sp³-hybridized carbons (Fsp3) is 0.294. The predicted molar refractivity (Wildman–Crippen MR) is 103 cm³/mol. The van der Waals surface area contributed by atoms with Crippen molar-refractivity contribution < 1.29 is 38.3 Å². The molecule has 3 aromatic rings. The molecule has 0 spiro atoms. The first-order valence-corrected chi connectivity index (χ1v) is 10.5. The number of phosphoric acid groups is 1. The molecular formula is C17H18N5O8P. The number of nitrogens with zero attached hydrogens (tertiary/aromatic N) is 4. The SMILES string of the molecule is Nc1ncnc2c1ncn2[C@@H]1O[C@H](COP(=O)(O)O)[C@@H](O)[C@H]1OC(=O)c1ccccc1. The highest BCUT2D eigenvalue weighted by molar-refractivity contribution is 7.46. The summed E-state index contributed by atoms with van der Waals surface area (Å²) in [6.07, 6.45) is -2.56. The average Bonchev–Trinajstić information content (AvgIpc) is 3.29. The van der Waals surface area contributed by atoms with Gasteiger partial charge in [0, 0.05) is 0 Å². The molecule has 0 unspecified atom stereocenters. The predicted octanol–water partition coefficient (Wildman–Crippen LogP) is 0.00170. The largest absolute Gasteiger partial charge is 0.469 e. The third-order valence-corrected chi connectivity index (χ3v) is 5.12. The van der Waals surface area contributed by atoms with Gasteiger partial charge in [0.15, 0.2) is 23.8 Å². The van der Waals surface area contributed by atoms with Crippen LogP contribution in [0.2, 0.25) is 0 Å². The van der Waals surface area contributed by atoms with Crippen molar-refractivity contribution in [1.29, 1.82) is 0 Å². The number of imidazole rings is 1. The summed E-state index contributed by atoms with van der Waals surface area (Å²) in [5, 5.41) is 10.7. The molecule has 0 saturated carbocycles. The lowest BCUT2D eigenvalue weighted by atomic mass is 10.1. The van der Waals surface area contributed by atoms with Crippen molar-refractivity contribution in [3.8, 4) is 0 Å². The van der Waals surface area contributed by atoms with E-state index in [1.807, 2.05) is 0 Å². The zero-order chi connectivity index (χ0) is 22.2. The monoisotopic (exact) mass is 451 g/mol. The standard InChI is InChI=1S/C17H18N5O8P/c18-14-11-15(20-7-19-14)22(8-21-11)16-13(30-17(24)9-4-2-1-3-5-9)12(23)10(29-16)6-28-31(25,26)27/h1-5,7-8,10,12-13,16,23H,6H2,(H2,18,19,20)(H2,25,26,27)/t10-,12-,13-,16-/m1/s1. The molecule has 2 aromatic heterocycles. The van der Waals surface area contributed by atoms with Crippen LogP contribution in [-0.4, -0.2) is 65.3 Å². The molecule has 14 heteroatoms. The maximum Gasteiger partial charge on any atom is 0.469 e.